The Hall–Kier alpha value is -1.23. The normalized spacial score (nSPS) is 23.0. The van der Waals surface area contributed by atoms with Gasteiger partial charge in [0.25, 0.3) is 5.84 Å². The zero-order chi connectivity index (χ0) is 6.97. The van der Waals surface area contributed by atoms with E-state index in [4.69, 9.17) is 0 Å². The lowest BCUT2D eigenvalue weighted by Crippen LogP contribution is -2.36. The number of rotatable bonds is 0. The van der Waals surface area contributed by atoms with Crippen molar-refractivity contribution in [2.45, 2.75) is 0 Å². The van der Waals surface area contributed by atoms with E-state index in [1.807, 2.05) is 0 Å². The van der Waals surface area contributed by atoms with Crippen LogP contribution in [0.25, 0.3) is 0 Å². The van der Waals surface area contributed by atoms with E-state index in [2.05, 4.69) is 15.3 Å². The second kappa shape index (κ2) is 1.88. The van der Waals surface area contributed by atoms with Crippen LogP contribution < -0.4 is 5.32 Å². The van der Waals surface area contributed by atoms with Crippen molar-refractivity contribution in [2.24, 2.45) is 9.98 Å². The molecule has 0 fully saturated rings. The van der Waals surface area contributed by atoms with Crippen LogP contribution in [0.2, 0.25) is 0 Å². The lowest BCUT2D eigenvalue weighted by molar-refractivity contribution is -0.313. The fourth-order valence-corrected chi connectivity index (χ4v) is 0.952. The summed E-state index contributed by atoms with van der Waals surface area (Å²) in [4.78, 5) is 7.78. The van der Waals surface area contributed by atoms with Crippen molar-refractivity contribution in [1.29, 1.82) is 0 Å². The number of fused-ring (bicyclic) bond motifs is 1. The molecule has 0 bridgehead atoms. The molecule has 0 aromatic heterocycles. The Morgan fingerprint density at radius 1 is 1.70 bits per heavy atom. The van der Waals surface area contributed by atoms with Gasteiger partial charge in [0.05, 0.1) is 6.54 Å². The third-order valence-corrected chi connectivity index (χ3v) is 1.42. The van der Waals surface area contributed by atoms with E-state index >= 15 is 0 Å². The third-order valence-electron chi connectivity index (χ3n) is 1.42. The molecule has 0 saturated heterocycles. The maximum Gasteiger partial charge on any atom is 0.299 e. The van der Waals surface area contributed by atoms with Crippen LogP contribution in [-0.2, 0) is 0 Å². The maximum absolute atomic E-state index is 10.8. The van der Waals surface area contributed by atoms with E-state index in [1.54, 1.807) is 0 Å². The summed E-state index contributed by atoms with van der Waals surface area (Å²) in [5, 5.41) is 13.8. The number of hydrogen-bond donors (Lipinski definition) is 1. The van der Waals surface area contributed by atoms with Crippen LogP contribution in [0.3, 0.4) is 0 Å². The highest BCUT2D eigenvalue weighted by Gasteiger charge is 2.25. The van der Waals surface area contributed by atoms with Crippen molar-refractivity contribution in [3.8, 4) is 0 Å². The lowest BCUT2D eigenvalue weighted by atomic mass is 10.3. The van der Waals surface area contributed by atoms with Gasteiger partial charge in [-0.2, -0.15) is 0 Å². The second-order valence-corrected chi connectivity index (χ2v) is 2.08. The minimum Gasteiger partial charge on any atom is -0.740 e. The standard InChI is InChI=1S/C5H6N4O/c10-9-3-8-4-1-6-2-7-5(4)9/h3,6H,1-2H2. The first-order chi connectivity index (χ1) is 4.88. The van der Waals surface area contributed by atoms with Crippen LogP contribution in [0.4, 0.5) is 0 Å². The summed E-state index contributed by atoms with van der Waals surface area (Å²) in [5.74, 6) is 0.457. The van der Waals surface area contributed by atoms with Crippen molar-refractivity contribution in [1.82, 2.24) is 5.32 Å². The second-order valence-electron chi connectivity index (χ2n) is 2.08. The molecule has 1 N–H and O–H groups in total. The molecular weight excluding hydrogens is 132 g/mol. The molecule has 0 aromatic carbocycles. The van der Waals surface area contributed by atoms with E-state index in [0.29, 0.717) is 23.8 Å². The van der Waals surface area contributed by atoms with E-state index in [0.717, 1.165) is 5.71 Å². The first-order valence-electron chi connectivity index (χ1n) is 3.00. The Kier molecular flexibility index (Phi) is 1.04. The third kappa shape index (κ3) is 0.640. The number of amidine groups is 1. The first kappa shape index (κ1) is 5.55. The maximum atomic E-state index is 10.8. The zero-order valence-electron chi connectivity index (χ0n) is 5.24. The van der Waals surface area contributed by atoms with E-state index in [-0.39, 0.29) is 0 Å². The van der Waals surface area contributed by atoms with Crippen molar-refractivity contribution in [2.75, 3.05) is 13.2 Å². The molecule has 2 heterocycles. The van der Waals surface area contributed by atoms with Gasteiger partial charge in [0, 0.05) is 0 Å². The molecule has 52 valence electrons. The van der Waals surface area contributed by atoms with Crippen molar-refractivity contribution in [3.63, 3.8) is 0 Å². The van der Waals surface area contributed by atoms with Gasteiger partial charge in [-0.05, 0) is 0 Å². The molecule has 10 heavy (non-hydrogen) atoms. The molecule has 2 aliphatic heterocycles. The predicted molar refractivity (Wildman–Crippen MR) is 37.4 cm³/mol. The Balaban J connectivity index is 2.39. The molecule has 5 nitrogen and oxygen atoms in total. The van der Waals surface area contributed by atoms with Crippen LogP contribution in [0.1, 0.15) is 0 Å². The highest BCUT2D eigenvalue weighted by Crippen LogP contribution is 1.96. The molecule has 0 unspecified atom stereocenters. The van der Waals surface area contributed by atoms with Gasteiger partial charge in [0.2, 0.25) is 12.1 Å². The van der Waals surface area contributed by atoms with Crippen LogP contribution in [0.5, 0.6) is 0 Å². The van der Waals surface area contributed by atoms with E-state index in [9.17, 15) is 5.21 Å². The summed E-state index contributed by atoms with van der Waals surface area (Å²) in [5.41, 5.74) is 0.737. The summed E-state index contributed by atoms with van der Waals surface area (Å²) >= 11 is 0. The number of nitrogens with zero attached hydrogens (tertiary/aromatic N) is 3. The molecule has 0 aliphatic carbocycles. The van der Waals surface area contributed by atoms with Gasteiger partial charge in [-0.25, -0.2) is 4.74 Å². The molecule has 5 heteroatoms. The van der Waals surface area contributed by atoms with Gasteiger partial charge in [0.15, 0.2) is 6.67 Å². The van der Waals surface area contributed by atoms with Crippen LogP contribution in [-0.4, -0.2) is 35.8 Å². The van der Waals surface area contributed by atoms with Crippen LogP contribution >= 0.6 is 0 Å². The summed E-state index contributed by atoms with van der Waals surface area (Å²) < 4.78 is 0.691. The smallest absolute Gasteiger partial charge is 0.299 e. The van der Waals surface area contributed by atoms with Crippen molar-refractivity contribution >= 4 is 17.9 Å². The number of aliphatic imine (C=N–C) groups is 2. The molecule has 2 aliphatic rings. The highest BCUT2D eigenvalue weighted by atomic mass is 16.5. The van der Waals surface area contributed by atoms with Gasteiger partial charge in [-0.1, -0.05) is 0 Å². The first-order valence-corrected chi connectivity index (χ1v) is 3.00. The average molecular weight is 138 g/mol. The monoisotopic (exact) mass is 138 g/mol. The summed E-state index contributed by atoms with van der Waals surface area (Å²) in [6.45, 7) is 1.16. The Morgan fingerprint density at radius 3 is 3.40 bits per heavy atom. The SMILES string of the molecule is [O-][N+]1=CN=C2CNCN=C21. The van der Waals surface area contributed by atoms with Gasteiger partial charge in [-0.15, -0.1) is 9.98 Å². The quantitative estimate of drug-likeness (QED) is 0.342. The zero-order valence-corrected chi connectivity index (χ0v) is 5.24. The number of nitrogens with one attached hydrogen (secondary N) is 1. The minimum absolute atomic E-state index is 0.457. The average Bonchev–Trinajstić information content (AvgIpc) is 2.34. The van der Waals surface area contributed by atoms with Gasteiger partial charge < -0.3 is 5.21 Å². The molecule has 0 saturated carbocycles. The summed E-state index contributed by atoms with van der Waals surface area (Å²) in [6.07, 6.45) is 1.24. The highest BCUT2D eigenvalue weighted by molar-refractivity contribution is 6.42. The van der Waals surface area contributed by atoms with Gasteiger partial charge in [-0.3, -0.25) is 5.32 Å². The minimum atomic E-state index is 0.457. The van der Waals surface area contributed by atoms with Crippen LogP contribution in [0.15, 0.2) is 9.98 Å². The Labute approximate surface area is 57.4 Å². The molecule has 2 rings (SSSR count). The predicted octanol–water partition coefficient (Wildman–Crippen LogP) is -1.06. The summed E-state index contributed by atoms with van der Waals surface area (Å²) in [7, 11) is 0. The summed E-state index contributed by atoms with van der Waals surface area (Å²) in [6, 6.07) is 0. The Morgan fingerprint density at radius 2 is 2.60 bits per heavy atom. The topological polar surface area (TPSA) is 62.8 Å². The van der Waals surface area contributed by atoms with Gasteiger partial charge >= 0.3 is 0 Å². The number of hydrogen-bond acceptors (Lipinski definition) is 4. The van der Waals surface area contributed by atoms with Gasteiger partial charge in [0.1, 0.15) is 0 Å². The fourth-order valence-electron chi connectivity index (χ4n) is 0.952. The lowest BCUT2D eigenvalue weighted by Gasteiger charge is -2.08. The molecule has 0 atom stereocenters. The Bertz CT molecular complexity index is 252. The molecule has 0 spiro atoms. The van der Waals surface area contributed by atoms with E-state index < -0.39 is 0 Å². The van der Waals surface area contributed by atoms with E-state index in [1.165, 1.54) is 6.34 Å². The fraction of sp³-hybridized carbons (Fsp3) is 0.400. The van der Waals surface area contributed by atoms with Crippen molar-refractivity contribution in [3.05, 3.63) is 5.21 Å². The largest absolute Gasteiger partial charge is 0.740 e. The molecule has 0 radical (unpaired) electrons. The molecule has 0 aromatic rings. The molecule has 0 amide bonds. The van der Waals surface area contributed by atoms with Crippen LogP contribution in [0, 0.1) is 5.21 Å². The van der Waals surface area contributed by atoms with Crippen molar-refractivity contribution < 1.29 is 4.74 Å². The number of hydroxylamine groups is 1. The molecular formula is C5H6N4O.